The topological polar surface area (TPSA) is 71.2 Å². The van der Waals surface area contributed by atoms with Gasteiger partial charge in [-0.1, -0.05) is 11.6 Å². The molecule has 0 bridgehead atoms. The minimum absolute atomic E-state index is 0.246. The molecule has 1 amide bonds. The van der Waals surface area contributed by atoms with E-state index >= 15 is 0 Å². The third-order valence-electron chi connectivity index (χ3n) is 2.75. The number of benzene rings is 1. The van der Waals surface area contributed by atoms with E-state index < -0.39 is 0 Å². The van der Waals surface area contributed by atoms with E-state index in [9.17, 15) is 4.79 Å². The second-order valence-corrected chi connectivity index (χ2v) is 4.82. The molecule has 0 aliphatic carbocycles. The van der Waals surface area contributed by atoms with Crippen LogP contribution in [-0.4, -0.2) is 25.0 Å². The Bertz CT molecular complexity index is 643. The average molecular weight is 291 g/mol. The SMILES string of the molecule is CN(C)c1ccc(N)cc1C(=O)Nc1cccnc1Cl. The highest BCUT2D eigenvalue weighted by Gasteiger charge is 2.14. The molecule has 104 valence electrons. The van der Waals surface area contributed by atoms with Crippen LogP contribution < -0.4 is 16.0 Å². The van der Waals surface area contributed by atoms with Crippen LogP contribution in [0.15, 0.2) is 36.5 Å². The molecular weight excluding hydrogens is 276 g/mol. The van der Waals surface area contributed by atoms with E-state index in [4.69, 9.17) is 17.3 Å². The summed E-state index contributed by atoms with van der Waals surface area (Å²) >= 11 is 5.93. The maximum Gasteiger partial charge on any atom is 0.257 e. The lowest BCUT2D eigenvalue weighted by atomic mass is 10.1. The average Bonchev–Trinajstić information content (AvgIpc) is 2.40. The zero-order valence-electron chi connectivity index (χ0n) is 11.2. The Kier molecular flexibility index (Phi) is 4.10. The standard InChI is InChI=1S/C14H15ClN4O/c1-19(2)12-6-5-9(16)8-10(12)14(20)18-11-4-3-7-17-13(11)15/h3-8H,16H2,1-2H3,(H,18,20). The van der Waals surface area contributed by atoms with Crippen LogP contribution in [0.1, 0.15) is 10.4 Å². The highest BCUT2D eigenvalue weighted by atomic mass is 35.5. The number of nitrogens with two attached hydrogens (primary N) is 1. The number of amides is 1. The van der Waals surface area contributed by atoms with Crippen molar-refractivity contribution in [2.75, 3.05) is 30.0 Å². The van der Waals surface area contributed by atoms with Gasteiger partial charge in [-0.3, -0.25) is 4.79 Å². The van der Waals surface area contributed by atoms with Crippen LogP contribution in [0.3, 0.4) is 0 Å². The second kappa shape index (κ2) is 5.79. The van der Waals surface area contributed by atoms with E-state index in [1.807, 2.05) is 19.0 Å². The Labute approximate surface area is 122 Å². The van der Waals surface area contributed by atoms with E-state index in [0.29, 0.717) is 16.9 Å². The van der Waals surface area contributed by atoms with Crippen molar-refractivity contribution in [2.24, 2.45) is 0 Å². The number of nitrogens with zero attached hydrogens (tertiary/aromatic N) is 2. The molecule has 1 aromatic carbocycles. The minimum Gasteiger partial charge on any atom is -0.399 e. The summed E-state index contributed by atoms with van der Waals surface area (Å²) in [6.07, 6.45) is 1.56. The summed E-state index contributed by atoms with van der Waals surface area (Å²) < 4.78 is 0. The Morgan fingerprint density at radius 2 is 2.10 bits per heavy atom. The molecular formula is C14H15ClN4O. The lowest BCUT2D eigenvalue weighted by molar-refractivity contribution is 0.102. The molecule has 0 saturated carbocycles. The fourth-order valence-electron chi connectivity index (χ4n) is 1.79. The number of aromatic nitrogens is 1. The number of nitrogen functional groups attached to an aromatic ring is 1. The van der Waals surface area contributed by atoms with Gasteiger partial charge in [-0.15, -0.1) is 0 Å². The Morgan fingerprint density at radius 1 is 1.35 bits per heavy atom. The van der Waals surface area contributed by atoms with E-state index in [0.717, 1.165) is 5.69 Å². The molecule has 0 fully saturated rings. The molecule has 20 heavy (non-hydrogen) atoms. The first-order valence-corrected chi connectivity index (χ1v) is 6.35. The largest absolute Gasteiger partial charge is 0.399 e. The maximum atomic E-state index is 12.4. The lowest BCUT2D eigenvalue weighted by Gasteiger charge is -2.17. The molecule has 5 nitrogen and oxygen atoms in total. The number of nitrogens with one attached hydrogen (secondary N) is 1. The van der Waals surface area contributed by atoms with E-state index in [1.165, 1.54) is 0 Å². The van der Waals surface area contributed by atoms with Gasteiger partial charge < -0.3 is 16.0 Å². The summed E-state index contributed by atoms with van der Waals surface area (Å²) in [6.45, 7) is 0. The number of hydrogen-bond donors (Lipinski definition) is 2. The fourth-order valence-corrected chi connectivity index (χ4v) is 1.96. The monoisotopic (exact) mass is 290 g/mol. The van der Waals surface area contributed by atoms with Crippen molar-refractivity contribution in [3.05, 3.63) is 47.2 Å². The molecule has 0 spiro atoms. The van der Waals surface area contributed by atoms with Crippen LogP contribution in [0.4, 0.5) is 17.1 Å². The number of hydrogen-bond acceptors (Lipinski definition) is 4. The smallest absolute Gasteiger partial charge is 0.257 e. The quantitative estimate of drug-likeness (QED) is 0.673. The van der Waals surface area contributed by atoms with Gasteiger partial charge in [-0.05, 0) is 30.3 Å². The van der Waals surface area contributed by atoms with Gasteiger partial charge >= 0.3 is 0 Å². The predicted molar refractivity (Wildman–Crippen MR) is 82.4 cm³/mol. The van der Waals surface area contributed by atoms with Crippen molar-refractivity contribution in [1.82, 2.24) is 4.98 Å². The number of halogens is 1. The van der Waals surface area contributed by atoms with Gasteiger partial charge in [0.05, 0.1) is 11.3 Å². The zero-order valence-corrected chi connectivity index (χ0v) is 12.0. The van der Waals surface area contributed by atoms with Gasteiger partial charge in [0.25, 0.3) is 5.91 Å². The van der Waals surface area contributed by atoms with Gasteiger partial charge in [-0.2, -0.15) is 0 Å². The van der Waals surface area contributed by atoms with Crippen molar-refractivity contribution in [3.8, 4) is 0 Å². The Hall–Kier alpha value is -2.27. The van der Waals surface area contributed by atoms with Crippen molar-refractivity contribution in [3.63, 3.8) is 0 Å². The third-order valence-corrected chi connectivity index (χ3v) is 3.06. The Morgan fingerprint density at radius 3 is 2.75 bits per heavy atom. The third kappa shape index (κ3) is 3.00. The van der Waals surface area contributed by atoms with Gasteiger partial charge in [0, 0.05) is 31.7 Å². The van der Waals surface area contributed by atoms with Crippen LogP contribution >= 0.6 is 11.6 Å². The molecule has 2 aromatic rings. The summed E-state index contributed by atoms with van der Waals surface area (Å²) in [5.41, 5.74) is 8.00. The van der Waals surface area contributed by atoms with Crippen LogP contribution in [0.2, 0.25) is 5.15 Å². The normalized spacial score (nSPS) is 10.2. The molecule has 1 aromatic heterocycles. The highest BCUT2D eigenvalue weighted by Crippen LogP contribution is 2.24. The molecule has 3 N–H and O–H groups in total. The molecule has 2 rings (SSSR count). The number of pyridine rings is 1. The van der Waals surface area contributed by atoms with Crippen LogP contribution in [0.5, 0.6) is 0 Å². The first-order chi connectivity index (χ1) is 9.49. The summed E-state index contributed by atoms with van der Waals surface area (Å²) in [5, 5.41) is 2.98. The van der Waals surface area contributed by atoms with E-state index in [-0.39, 0.29) is 11.1 Å². The Balaban J connectivity index is 2.34. The summed E-state index contributed by atoms with van der Waals surface area (Å²) in [5.74, 6) is -0.282. The molecule has 0 aliphatic rings. The number of rotatable bonds is 3. The van der Waals surface area contributed by atoms with Crippen molar-refractivity contribution in [1.29, 1.82) is 0 Å². The van der Waals surface area contributed by atoms with Crippen molar-refractivity contribution in [2.45, 2.75) is 0 Å². The van der Waals surface area contributed by atoms with E-state index in [1.54, 1.807) is 36.5 Å². The van der Waals surface area contributed by atoms with Gasteiger partial charge in [0.2, 0.25) is 0 Å². The molecule has 6 heteroatoms. The highest BCUT2D eigenvalue weighted by molar-refractivity contribution is 6.32. The van der Waals surface area contributed by atoms with Crippen molar-refractivity contribution >= 4 is 34.6 Å². The van der Waals surface area contributed by atoms with Gasteiger partial charge in [0.15, 0.2) is 5.15 Å². The second-order valence-electron chi connectivity index (χ2n) is 4.47. The first-order valence-electron chi connectivity index (χ1n) is 5.97. The molecule has 0 radical (unpaired) electrons. The summed E-state index contributed by atoms with van der Waals surface area (Å²) in [4.78, 5) is 18.1. The van der Waals surface area contributed by atoms with E-state index in [2.05, 4.69) is 10.3 Å². The number of carbonyl (C=O) groups is 1. The molecule has 0 atom stereocenters. The number of carbonyl (C=O) groups excluding carboxylic acids is 1. The van der Waals surface area contributed by atoms with Crippen LogP contribution in [-0.2, 0) is 0 Å². The van der Waals surface area contributed by atoms with Gasteiger partial charge in [0.1, 0.15) is 0 Å². The van der Waals surface area contributed by atoms with Crippen molar-refractivity contribution < 1.29 is 4.79 Å². The molecule has 0 aliphatic heterocycles. The molecule has 0 saturated heterocycles. The lowest BCUT2D eigenvalue weighted by Crippen LogP contribution is -2.19. The zero-order chi connectivity index (χ0) is 14.7. The van der Waals surface area contributed by atoms with Crippen LogP contribution in [0, 0.1) is 0 Å². The molecule has 0 unspecified atom stereocenters. The molecule has 1 heterocycles. The maximum absolute atomic E-state index is 12.4. The number of anilines is 3. The van der Waals surface area contributed by atoms with Gasteiger partial charge in [-0.25, -0.2) is 4.98 Å². The predicted octanol–water partition coefficient (Wildman–Crippen LogP) is 2.64. The minimum atomic E-state index is -0.282. The fraction of sp³-hybridized carbons (Fsp3) is 0.143. The first kappa shape index (κ1) is 14.1. The van der Waals surface area contributed by atoms with Crippen LogP contribution in [0.25, 0.3) is 0 Å². The summed E-state index contributed by atoms with van der Waals surface area (Å²) in [6, 6.07) is 8.58. The summed E-state index contributed by atoms with van der Waals surface area (Å²) in [7, 11) is 3.72.